The minimum absolute atomic E-state index is 0.648. The molecule has 32 heavy (non-hydrogen) atoms. The molecular formula is C26H20N2O2S2. The predicted octanol–water partition coefficient (Wildman–Crippen LogP) is 7.11. The van der Waals surface area contributed by atoms with Crippen LogP contribution in [-0.4, -0.2) is 23.3 Å². The Hall–Kier alpha value is -2.96. The smallest absolute Gasteiger partial charge is 0.131 e. The molecule has 0 bridgehead atoms. The molecule has 6 rings (SSSR count). The molecule has 0 aliphatic carbocycles. The molecule has 0 unspecified atom stereocenters. The first kappa shape index (κ1) is 19.7. The van der Waals surface area contributed by atoms with Gasteiger partial charge in [-0.2, -0.15) is 0 Å². The fraction of sp³-hybridized carbons (Fsp3) is 0.154. The molecule has 158 valence electrons. The van der Waals surface area contributed by atoms with Gasteiger partial charge in [-0.1, -0.05) is 47.8 Å². The van der Waals surface area contributed by atoms with Gasteiger partial charge in [0, 0.05) is 42.5 Å². The SMILES string of the molecule is CCOc1ccc2c3c(cccc13)S/C2=N\N=C1/Sc2cccc3c(OCC)ccc1c23. The van der Waals surface area contributed by atoms with Crippen LogP contribution in [0.5, 0.6) is 11.5 Å². The molecule has 2 aliphatic rings. The molecule has 0 N–H and O–H groups in total. The second-order valence-electron chi connectivity index (χ2n) is 7.46. The van der Waals surface area contributed by atoms with E-state index in [2.05, 4.69) is 48.5 Å². The van der Waals surface area contributed by atoms with Gasteiger partial charge in [0.2, 0.25) is 0 Å². The van der Waals surface area contributed by atoms with Gasteiger partial charge in [0.25, 0.3) is 0 Å². The second kappa shape index (κ2) is 7.87. The van der Waals surface area contributed by atoms with E-state index in [0.717, 1.165) is 43.5 Å². The number of rotatable bonds is 5. The Morgan fingerprint density at radius 2 is 1.09 bits per heavy atom. The van der Waals surface area contributed by atoms with E-state index in [0.29, 0.717) is 13.2 Å². The van der Waals surface area contributed by atoms with Crippen LogP contribution in [0.15, 0.2) is 80.7 Å². The lowest BCUT2D eigenvalue weighted by Crippen LogP contribution is -1.96. The minimum Gasteiger partial charge on any atom is -0.493 e. The van der Waals surface area contributed by atoms with Crippen molar-refractivity contribution in [1.82, 2.24) is 0 Å². The molecule has 0 aromatic heterocycles. The standard InChI is InChI=1S/C26H20N2O2S2/c1-3-29-19-13-11-17-23-15(19)7-5-9-21(23)31-25(17)27-28-26-18-12-14-20(30-4-2)16-8-6-10-22(32-26)24(16)18/h5-14H,3-4H2,1-2H3/b27-25-,28-26-. The van der Waals surface area contributed by atoms with Gasteiger partial charge in [0.1, 0.15) is 21.6 Å². The number of nitrogens with zero attached hydrogens (tertiary/aromatic N) is 2. The van der Waals surface area contributed by atoms with E-state index < -0.39 is 0 Å². The molecule has 4 aromatic rings. The quantitative estimate of drug-likeness (QED) is 0.300. The van der Waals surface area contributed by atoms with Crippen LogP contribution < -0.4 is 9.47 Å². The van der Waals surface area contributed by atoms with E-state index in [9.17, 15) is 0 Å². The number of ether oxygens (including phenoxy) is 2. The molecule has 6 heteroatoms. The largest absolute Gasteiger partial charge is 0.493 e. The molecule has 0 spiro atoms. The molecule has 2 heterocycles. The van der Waals surface area contributed by atoms with E-state index in [1.165, 1.54) is 20.6 Å². The highest BCUT2D eigenvalue weighted by molar-refractivity contribution is 8.15. The molecule has 0 saturated heterocycles. The van der Waals surface area contributed by atoms with Crippen molar-refractivity contribution in [2.75, 3.05) is 13.2 Å². The summed E-state index contributed by atoms with van der Waals surface area (Å²) in [4.78, 5) is 2.40. The average molecular weight is 457 g/mol. The Labute approximate surface area is 194 Å². The molecule has 0 saturated carbocycles. The molecule has 0 atom stereocenters. The number of thioether (sulfide) groups is 2. The first-order valence-electron chi connectivity index (χ1n) is 10.7. The summed E-state index contributed by atoms with van der Waals surface area (Å²) in [6.07, 6.45) is 0. The molecule has 0 fully saturated rings. The van der Waals surface area contributed by atoms with Crippen molar-refractivity contribution >= 4 is 55.2 Å². The zero-order valence-electron chi connectivity index (χ0n) is 17.7. The minimum atomic E-state index is 0.648. The molecule has 2 aliphatic heterocycles. The van der Waals surface area contributed by atoms with Crippen LogP contribution in [0.3, 0.4) is 0 Å². The summed E-state index contributed by atoms with van der Waals surface area (Å²) in [7, 11) is 0. The van der Waals surface area contributed by atoms with Crippen molar-refractivity contribution in [2.24, 2.45) is 10.2 Å². The molecular weight excluding hydrogens is 436 g/mol. The van der Waals surface area contributed by atoms with Crippen LogP contribution in [0.1, 0.15) is 25.0 Å². The van der Waals surface area contributed by atoms with Gasteiger partial charge in [-0.25, -0.2) is 0 Å². The Morgan fingerprint density at radius 3 is 1.53 bits per heavy atom. The Bertz CT molecular complexity index is 1350. The van der Waals surface area contributed by atoms with Crippen molar-refractivity contribution in [3.8, 4) is 11.5 Å². The van der Waals surface area contributed by atoms with Crippen LogP contribution in [0.25, 0.3) is 21.5 Å². The monoisotopic (exact) mass is 456 g/mol. The summed E-state index contributed by atoms with van der Waals surface area (Å²) in [5.74, 6) is 1.83. The van der Waals surface area contributed by atoms with E-state index in [-0.39, 0.29) is 0 Å². The van der Waals surface area contributed by atoms with Crippen LogP contribution in [0.2, 0.25) is 0 Å². The van der Waals surface area contributed by atoms with Crippen molar-refractivity contribution < 1.29 is 9.47 Å². The van der Waals surface area contributed by atoms with Gasteiger partial charge < -0.3 is 9.47 Å². The second-order valence-corrected chi connectivity index (χ2v) is 9.52. The third kappa shape index (κ3) is 3.01. The van der Waals surface area contributed by atoms with Gasteiger partial charge in [0.05, 0.1) is 13.2 Å². The highest BCUT2D eigenvalue weighted by Crippen LogP contribution is 2.46. The first-order chi connectivity index (χ1) is 15.8. The van der Waals surface area contributed by atoms with E-state index >= 15 is 0 Å². The molecule has 0 amide bonds. The third-order valence-electron chi connectivity index (χ3n) is 5.63. The van der Waals surface area contributed by atoms with Crippen molar-refractivity contribution in [2.45, 2.75) is 23.6 Å². The number of benzene rings is 4. The van der Waals surface area contributed by atoms with Gasteiger partial charge >= 0.3 is 0 Å². The van der Waals surface area contributed by atoms with Gasteiger partial charge in [0.15, 0.2) is 0 Å². The maximum atomic E-state index is 5.84. The van der Waals surface area contributed by atoms with Crippen LogP contribution in [-0.2, 0) is 0 Å². The highest BCUT2D eigenvalue weighted by atomic mass is 32.2. The highest BCUT2D eigenvalue weighted by Gasteiger charge is 2.25. The summed E-state index contributed by atoms with van der Waals surface area (Å²) >= 11 is 3.34. The summed E-state index contributed by atoms with van der Waals surface area (Å²) in [5.41, 5.74) is 2.23. The predicted molar refractivity (Wildman–Crippen MR) is 135 cm³/mol. The Kier molecular flexibility index (Phi) is 4.85. The fourth-order valence-corrected chi connectivity index (χ4v) is 6.42. The molecule has 4 nitrogen and oxygen atoms in total. The van der Waals surface area contributed by atoms with E-state index in [1.807, 2.05) is 26.0 Å². The maximum Gasteiger partial charge on any atom is 0.131 e. The normalized spacial score (nSPS) is 16.6. The van der Waals surface area contributed by atoms with Crippen LogP contribution in [0, 0.1) is 0 Å². The van der Waals surface area contributed by atoms with Crippen molar-refractivity contribution in [1.29, 1.82) is 0 Å². The van der Waals surface area contributed by atoms with Crippen LogP contribution >= 0.6 is 23.5 Å². The lowest BCUT2D eigenvalue weighted by Gasteiger charge is -2.08. The lowest BCUT2D eigenvalue weighted by molar-refractivity contribution is 0.344. The summed E-state index contributed by atoms with van der Waals surface area (Å²) < 4.78 is 11.7. The zero-order chi connectivity index (χ0) is 21.7. The van der Waals surface area contributed by atoms with E-state index in [4.69, 9.17) is 19.7 Å². The summed E-state index contributed by atoms with van der Waals surface area (Å²) in [6, 6.07) is 20.9. The Morgan fingerprint density at radius 1 is 0.625 bits per heavy atom. The van der Waals surface area contributed by atoms with Crippen LogP contribution in [0.4, 0.5) is 0 Å². The Balaban J connectivity index is 1.43. The third-order valence-corrected chi connectivity index (χ3v) is 7.74. The van der Waals surface area contributed by atoms with E-state index in [1.54, 1.807) is 23.5 Å². The topological polar surface area (TPSA) is 43.2 Å². The number of hydrogen-bond donors (Lipinski definition) is 0. The zero-order valence-corrected chi connectivity index (χ0v) is 19.3. The van der Waals surface area contributed by atoms with Gasteiger partial charge in [-0.05, 0) is 50.2 Å². The summed E-state index contributed by atoms with van der Waals surface area (Å²) in [6.45, 7) is 5.32. The maximum absolute atomic E-state index is 5.84. The van der Waals surface area contributed by atoms with Gasteiger partial charge in [-0.15, -0.1) is 10.2 Å². The average Bonchev–Trinajstić information content (AvgIpc) is 3.36. The fourth-order valence-electron chi connectivity index (χ4n) is 4.34. The molecule has 4 aromatic carbocycles. The van der Waals surface area contributed by atoms with Gasteiger partial charge in [-0.3, -0.25) is 0 Å². The summed E-state index contributed by atoms with van der Waals surface area (Å²) in [5, 5.41) is 16.0. The van der Waals surface area contributed by atoms with Crippen molar-refractivity contribution in [3.63, 3.8) is 0 Å². The first-order valence-corrected chi connectivity index (χ1v) is 12.3. The number of hydrogen-bond acceptors (Lipinski definition) is 6. The lowest BCUT2D eigenvalue weighted by atomic mass is 10.0. The molecule has 0 radical (unpaired) electrons. The van der Waals surface area contributed by atoms with Crippen molar-refractivity contribution in [3.05, 3.63) is 71.8 Å².